The minimum absolute atomic E-state index is 0.678. The highest BCUT2D eigenvalue weighted by Crippen LogP contribution is 2.20. The van der Waals surface area contributed by atoms with Crippen LogP contribution in [0.15, 0.2) is 0 Å². The SMILES string of the molecule is CC.CNCCSSCCC=O. The molecule has 0 aromatic carbocycles. The summed E-state index contributed by atoms with van der Waals surface area (Å²) in [6.45, 7) is 5.04. The molecule has 0 rings (SSSR count). The van der Waals surface area contributed by atoms with Gasteiger partial charge in [-0.3, -0.25) is 0 Å². The molecule has 0 spiro atoms. The van der Waals surface area contributed by atoms with E-state index in [1.165, 1.54) is 0 Å². The van der Waals surface area contributed by atoms with E-state index >= 15 is 0 Å². The molecule has 0 saturated carbocycles. The number of carbonyl (C=O) groups is 1. The maximum Gasteiger partial charge on any atom is 0.120 e. The number of hydrogen-bond donors (Lipinski definition) is 1. The molecule has 0 heterocycles. The van der Waals surface area contributed by atoms with Crippen molar-refractivity contribution in [3.05, 3.63) is 0 Å². The molecule has 1 N–H and O–H groups in total. The Morgan fingerprint density at radius 2 is 1.83 bits per heavy atom. The monoisotopic (exact) mass is 209 g/mol. The maximum absolute atomic E-state index is 9.86. The second-order valence-corrected chi connectivity index (χ2v) is 4.40. The van der Waals surface area contributed by atoms with Crippen molar-refractivity contribution in [3.8, 4) is 0 Å². The molecule has 0 unspecified atom stereocenters. The van der Waals surface area contributed by atoms with E-state index in [1.54, 1.807) is 10.8 Å². The fraction of sp³-hybridized carbons (Fsp3) is 0.875. The average Bonchev–Trinajstić information content (AvgIpc) is 2.15. The summed E-state index contributed by atoms with van der Waals surface area (Å²) in [6.07, 6.45) is 1.64. The first-order chi connectivity index (χ1) is 5.91. The normalized spacial score (nSPS) is 8.58. The predicted octanol–water partition coefficient (Wildman–Crippen LogP) is 2.20. The fourth-order valence-corrected chi connectivity index (χ4v) is 2.32. The van der Waals surface area contributed by atoms with E-state index in [4.69, 9.17) is 0 Å². The van der Waals surface area contributed by atoms with E-state index in [0.29, 0.717) is 6.42 Å². The van der Waals surface area contributed by atoms with Crippen LogP contribution < -0.4 is 5.32 Å². The Morgan fingerprint density at radius 1 is 1.25 bits per heavy atom. The van der Waals surface area contributed by atoms with Crippen molar-refractivity contribution in [1.29, 1.82) is 0 Å². The molecule has 4 heteroatoms. The average molecular weight is 209 g/mol. The molecule has 74 valence electrons. The highest BCUT2D eigenvalue weighted by molar-refractivity contribution is 8.76. The van der Waals surface area contributed by atoms with Gasteiger partial charge in [0, 0.05) is 24.5 Å². The molecule has 0 radical (unpaired) electrons. The van der Waals surface area contributed by atoms with Gasteiger partial charge in [0.15, 0.2) is 0 Å². The largest absolute Gasteiger partial charge is 0.319 e. The van der Waals surface area contributed by atoms with Gasteiger partial charge in [0.1, 0.15) is 6.29 Å². The summed E-state index contributed by atoms with van der Waals surface area (Å²) in [6, 6.07) is 0. The van der Waals surface area contributed by atoms with Gasteiger partial charge in [0.05, 0.1) is 0 Å². The summed E-state index contributed by atoms with van der Waals surface area (Å²) in [5.74, 6) is 2.05. The van der Waals surface area contributed by atoms with E-state index in [9.17, 15) is 4.79 Å². The molecule has 12 heavy (non-hydrogen) atoms. The van der Waals surface area contributed by atoms with Crippen LogP contribution in [0.4, 0.5) is 0 Å². The van der Waals surface area contributed by atoms with Gasteiger partial charge >= 0.3 is 0 Å². The number of aldehydes is 1. The van der Waals surface area contributed by atoms with E-state index < -0.39 is 0 Å². The summed E-state index contributed by atoms with van der Waals surface area (Å²) in [7, 11) is 5.52. The lowest BCUT2D eigenvalue weighted by Crippen LogP contribution is -2.09. The zero-order chi connectivity index (χ0) is 9.66. The molecule has 0 aromatic rings. The molecule has 0 aromatic heterocycles. The minimum atomic E-state index is 0.678. The molecule has 0 aliphatic heterocycles. The number of carbonyl (C=O) groups excluding carboxylic acids is 1. The Balaban J connectivity index is 0. The Hall–Kier alpha value is 0.330. The van der Waals surface area contributed by atoms with Crippen LogP contribution in [0.1, 0.15) is 20.3 Å². The van der Waals surface area contributed by atoms with Crippen molar-refractivity contribution in [2.75, 3.05) is 25.1 Å². The van der Waals surface area contributed by atoms with Crippen molar-refractivity contribution < 1.29 is 4.79 Å². The van der Waals surface area contributed by atoms with Crippen LogP contribution in [0.2, 0.25) is 0 Å². The van der Waals surface area contributed by atoms with Gasteiger partial charge < -0.3 is 10.1 Å². The zero-order valence-electron chi connectivity index (χ0n) is 8.13. The first kappa shape index (κ1) is 14.8. The van der Waals surface area contributed by atoms with Gasteiger partial charge in [-0.2, -0.15) is 0 Å². The lowest BCUT2D eigenvalue weighted by Gasteiger charge is -1.96. The molecule has 0 fully saturated rings. The van der Waals surface area contributed by atoms with Crippen molar-refractivity contribution in [2.24, 2.45) is 0 Å². The van der Waals surface area contributed by atoms with E-state index in [2.05, 4.69) is 5.32 Å². The number of nitrogens with one attached hydrogen (secondary N) is 1. The third-order valence-electron chi connectivity index (χ3n) is 0.838. The van der Waals surface area contributed by atoms with Crippen LogP contribution in [0, 0.1) is 0 Å². The molecule has 0 atom stereocenters. The molecule has 0 bridgehead atoms. The van der Waals surface area contributed by atoms with E-state index in [0.717, 1.165) is 24.3 Å². The van der Waals surface area contributed by atoms with Gasteiger partial charge in [0.2, 0.25) is 0 Å². The smallest absolute Gasteiger partial charge is 0.120 e. The second-order valence-electron chi connectivity index (χ2n) is 1.70. The third kappa shape index (κ3) is 16.7. The molecule has 2 nitrogen and oxygen atoms in total. The standard InChI is InChI=1S/C6H13NOS2.C2H6/c1-7-3-6-10-9-5-2-4-8;1-2/h4,7H,2-3,5-6H2,1H3;1-2H3. The molecule has 0 saturated heterocycles. The van der Waals surface area contributed by atoms with Crippen LogP contribution >= 0.6 is 21.6 Å². The quantitative estimate of drug-likeness (QED) is 0.395. The molecular formula is C8H19NOS2. The van der Waals surface area contributed by atoms with E-state index in [1.807, 2.05) is 31.7 Å². The molecule has 0 amide bonds. The molecule has 0 aliphatic carbocycles. The summed E-state index contributed by atoms with van der Waals surface area (Å²) < 4.78 is 0. The van der Waals surface area contributed by atoms with Crippen molar-refractivity contribution in [3.63, 3.8) is 0 Å². The van der Waals surface area contributed by atoms with E-state index in [-0.39, 0.29) is 0 Å². The van der Waals surface area contributed by atoms with Gasteiger partial charge in [-0.15, -0.1) is 0 Å². The Bertz CT molecular complexity index is 81.5. The minimum Gasteiger partial charge on any atom is -0.319 e. The second kappa shape index (κ2) is 17.4. The van der Waals surface area contributed by atoms with Crippen LogP contribution in [-0.2, 0) is 4.79 Å². The zero-order valence-corrected chi connectivity index (χ0v) is 9.76. The maximum atomic E-state index is 9.86. The first-order valence-corrected chi connectivity index (χ1v) is 6.73. The summed E-state index contributed by atoms with van der Waals surface area (Å²) >= 11 is 0. The highest BCUT2D eigenvalue weighted by atomic mass is 33.1. The Morgan fingerprint density at radius 3 is 2.33 bits per heavy atom. The Labute approximate surface area is 83.7 Å². The summed E-state index contributed by atoms with van der Waals surface area (Å²) in [5.41, 5.74) is 0. The van der Waals surface area contributed by atoms with Crippen molar-refractivity contribution in [1.82, 2.24) is 5.32 Å². The molecular weight excluding hydrogens is 190 g/mol. The van der Waals surface area contributed by atoms with Crippen molar-refractivity contribution >= 4 is 27.9 Å². The molecule has 0 aliphatic rings. The predicted molar refractivity (Wildman–Crippen MR) is 60.9 cm³/mol. The van der Waals surface area contributed by atoms with Crippen LogP contribution in [0.25, 0.3) is 0 Å². The Kier molecular flexibility index (Phi) is 21.5. The van der Waals surface area contributed by atoms with Gasteiger partial charge in [-0.25, -0.2) is 0 Å². The topological polar surface area (TPSA) is 29.1 Å². The first-order valence-electron chi connectivity index (χ1n) is 4.24. The van der Waals surface area contributed by atoms with Gasteiger partial charge in [-0.05, 0) is 7.05 Å². The highest BCUT2D eigenvalue weighted by Gasteiger charge is 1.87. The van der Waals surface area contributed by atoms with Crippen molar-refractivity contribution in [2.45, 2.75) is 20.3 Å². The number of hydrogen-bond acceptors (Lipinski definition) is 4. The fourth-order valence-electron chi connectivity index (χ4n) is 0.358. The lowest BCUT2D eigenvalue weighted by atomic mass is 10.6. The summed E-state index contributed by atoms with van der Waals surface area (Å²) in [5, 5.41) is 3.05. The van der Waals surface area contributed by atoms with Crippen LogP contribution in [0.5, 0.6) is 0 Å². The van der Waals surface area contributed by atoms with Crippen LogP contribution in [0.3, 0.4) is 0 Å². The van der Waals surface area contributed by atoms with Crippen LogP contribution in [-0.4, -0.2) is 31.4 Å². The lowest BCUT2D eigenvalue weighted by molar-refractivity contribution is -0.107. The van der Waals surface area contributed by atoms with Gasteiger partial charge in [-0.1, -0.05) is 35.4 Å². The van der Waals surface area contributed by atoms with Gasteiger partial charge in [0.25, 0.3) is 0 Å². The summed E-state index contributed by atoms with van der Waals surface area (Å²) in [4.78, 5) is 9.86. The third-order valence-corrected chi connectivity index (χ3v) is 3.28. The number of rotatable bonds is 7.